The Bertz CT molecular complexity index is 735. The molecule has 128 valence electrons. The molecule has 2 aromatic rings. The Morgan fingerprint density at radius 2 is 2.38 bits per heavy atom. The van der Waals surface area contributed by atoms with Crippen LogP contribution in [0, 0.1) is 5.82 Å². The summed E-state index contributed by atoms with van der Waals surface area (Å²) < 4.78 is 15.1. The van der Waals surface area contributed by atoms with Gasteiger partial charge in [0.1, 0.15) is 11.6 Å². The number of anilines is 1. The molecule has 1 fully saturated rings. The van der Waals surface area contributed by atoms with Crippen molar-refractivity contribution < 1.29 is 9.18 Å². The van der Waals surface area contributed by atoms with E-state index in [1.807, 2.05) is 17.8 Å². The number of hydrogen-bond donors (Lipinski definition) is 2. The van der Waals surface area contributed by atoms with Crippen LogP contribution in [-0.2, 0) is 11.8 Å². The summed E-state index contributed by atoms with van der Waals surface area (Å²) in [4.78, 5) is 18.8. The molecule has 24 heavy (non-hydrogen) atoms. The second-order valence-corrected chi connectivity index (χ2v) is 6.17. The second kappa shape index (κ2) is 7.29. The number of rotatable bonds is 4. The lowest BCUT2D eigenvalue weighted by molar-refractivity contribution is -0.118. The highest BCUT2D eigenvalue weighted by atomic mass is 35.5. The molecular formula is C16H19ClFN5O. The van der Waals surface area contributed by atoms with Crippen LogP contribution < -0.4 is 10.6 Å². The van der Waals surface area contributed by atoms with E-state index in [9.17, 15) is 9.18 Å². The van der Waals surface area contributed by atoms with E-state index < -0.39 is 5.82 Å². The molecule has 0 radical (unpaired) electrons. The highest BCUT2D eigenvalue weighted by molar-refractivity contribution is 6.31. The van der Waals surface area contributed by atoms with Gasteiger partial charge in [-0.25, -0.2) is 9.37 Å². The predicted octanol–water partition coefficient (Wildman–Crippen LogP) is 1.80. The van der Waals surface area contributed by atoms with Crippen LogP contribution in [0.1, 0.15) is 11.9 Å². The zero-order chi connectivity index (χ0) is 17.1. The lowest BCUT2D eigenvalue weighted by Crippen LogP contribution is -2.49. The van der Waals surface area contributed by atoms with E-state index >= 15 is 0 Å². The van der Waals surface area contributed by atoms with Gasteiger partial charge in [0.2, 0.25) is 5.91 Å². The van der Waals surface area contributed by atoms with E-state index in [0.29, 0.717) is 5.69 Å². The number of nitrogens with zero attached hydrogens (tertiary/aromatic N) is 3. The highest BCUT2D eigenvalue weighted by Crippen LogP contribution is 2.21. The fourth-order valence-corrected chi connectivity index (χ4v) is 3.03. The smallest absolute Gasteiger partial charge is 0.238 e. The normalized spacial score (nSPS) is 18.5. The van der Waals surface area contributed by atoms with Crippen molar-refractivity contribution in [1.29, 1.82) is 0 Å². The number of carbonyl (C=O) groups is 1. The molecule has 2 N–H and O–H groups in total. The summed E-state index contributed by atoms with van der Waals surface area (Å²) in [6.45, 7) is 2.53. The van der Waals surface area contributed by atoms with Gasteiger partial charge >= 0.3 is 0 Å². The van der Waals surface area contributed by atoms with Crippen molar-refractivity contribution in [1.82, 2.24) is 19.8 Å². The third-order valence-corrected chi connectivity index (χ3v) is 4.35. The molecule has 8 heteroatoms. The van der Waals surface area contributed by atoms with Crippen molar-refractivity contribution in [2.24, 2.45) is 7.05 Å². The summed E-state index contributed by atoms with van der Waals surface area (Å²) in [5.41, 5.74) is 0.482. The number of aryl methyl sites for hydroxylation is 1. The largest absolute Gasteiger partial charge is 0.337 e. The van der Waals surface area contributed by atoms with E-state index in [1.54, 1.807) is 6.20 Å². The Morgan fingerprint density at radius 3 is 3.08 bits per heavy atom. The number of hydrogen-bond acceptors (Lipinski definition) is 4. The maximum absolute atomic E-state index is 13.2. The molecule has 0 spiro atoms. The minimum atomic E-state index is -0.508. The number of halogens is 2. The van der Waals surface area contributed by atoms with Gasteiger partial charge < -0.3 is 15.2 Å². The van der Waals surface area contributed by atoms with Gasteiger partial charge in [0, 0.05) is 44.8 Å². The van der Waals surface area contributed by atoms with Crippen LogP contribution >= 0.6 is 11.6 Å². The van der Waals surface area contributed by atoms with Gasteiger partial charge in [-0.2, -0.15) is 0 Å². The lowest BCUT2D eigenvalue weighted by Gasteiger charge is -2.35. The van der Waals surface area contributed by atoms with Crippen molar-refractivity contribution in [3.05, 3.63) is 47.3 Å². The van der Waals surface area contributed by atoms with E-state index in [0.717, 1.165) is 25.5 Å². The minimum absolute atomic E-state index is 0.0131. The first kappa shape index (κ1) is 16.9. The van der Waals surface area contributed by atoms with Crippen molar-refractivity contribution in [3.8, 4) is 0 Å². The predicted molar refractivity (Wildman–Crippen MR) is 90.4 cm³/mol. The molecule has 1 unspecified atom stereocenters. The molecule has 1 amide bonds. The number of benzene rings is 1. The zero-order valence-electron chi connectivity index (χ0n) is 13.3. The fraction of sp³-hybridized carbons (Fsp3) is 0.375. The molecule has 6 nitrogen and oxygen atoms in total. The van der Waals surface area contributed by atoms with Crippen LogP contribution in [0.4, 0.5) is 10.1 Å². The van der Waals surface area contributed by atoms with Gasteiger partial charge in [-0.15, -0.1) is 0 Å². The molecule has 1 aliphatic rings. The maximum atomic E-state index is 13.2. The Kier molecular flexibility index (Phi) is 5.13. The highest BCUT2D eigenvalue weighted by Gasteiger charge is 2.28. The first-order chi connectivity index (χ1) is 11.5. The monoisotopic (exact) mass is 351 g/mol. The van der Waals surface area contributed by atoms with Crippen molar-refractivity contribution in [3.63, 3.8) is 0 Å². The topological polar surface area (TPSA) is 62.2 Å². The SMILES string of the molecule is Cn1ccnc1C1CNCCN1CC(=O)Nc1ccc(F)c(Cl)c1. The average molecular weight is 352 g/mol. The summed E-state index contributed by atoms with van der Waals surface area (Å²) in [5.74, 6) is 0.241. The first-order valence-corrected chi connectivity index (χ1v) is 8.09. The fourth-order valence-electron chi connectivity index (χ4n) is 2.85. The molecule has 1 aliphatic heterocycles. The molecule has 1 aromatic carbocycles. The molecule has 1 aromatic heterocycles. The molecular weight excluding hydrogens is 333 g/mol. The zero-order valence-corrected chi connectivity index (χ0v) is 14.1. The summed E-state index contributed by atoms with van der Waals surface area (Å²) in [6.07, 6.45) is 3.64. The van der Waals surface area contributed by atoms with Crippen molar-refractivity contribution in [2.75, 3.05) is 31.5 Å². The van der Waals surface area contributed by atoms with E-state index in [1.165, 1.54) is 18.2 Å². The number of piperazine rings is 1. The van der Waals surface area contributed by atoms with Crippen LogP contribution in [0.2, 0.25) is 5.02 Å². The molecule has 1 saturated heterocycles. The number of carbonyl (C=O) groups excluding carboxylic acids is 1. The van der Waals surface area contributed by atoms with Crippen LogP contribution in [0.15, 0.2) is 30.6 Å². The van der Waals surface area contributed by atoms with E-state index in [-0.39, 0.29) is 23.5 Å². The van der Waals surface area contributed by atoms with Gasteiger partial charge in [0.05, 0.1) is 17.6 Å². The Balaban J connectivity index is 1.67. The van der Waals surface area contributed by atoms with Gasteiger partial charge in [0.15, 0.2) is 0 Å². The molecule has 1 atom stereocenters. The van der Waals surface area contributed by atoms with Gasteiger partial charge in [-0.3, -0.25) is 9.69 Å². The molecule has 0 saturated carbocycles. The third kappa shape index (κ3) is 3.75. The Labute approximate surface area is 144 Å². The van der Waals surface area contributed by atoms with Crippen molar-refractivity contribution >= 4 is 23.2 Å². The van der Waals surface area contributed by atoms with Crippen molar-refractivity contribution in [2.45, 2.75) is 6.04 Å². The van der Waals surface area contributed by atoms with Crippen LogP contribution in [0.5, 0.6) is 0 Å². The quantitative estimate of drug-likeness (QED) is 0.881. The molecule has 2 heterocycles. The van der Waals surface area contributed by atoms with Crippen LogP contribution in [0.25, 0.3) is 0 Å². The number of aromatic nitrogens is 2. The number of amides is 1. The lowest BCUT2D eigenvalue weighted by atomic mass is 10.1. The minimum Gasteiger partial charge on any atom is -0.337 e. The second-order valence-electron chi connectivity index (χ2n) is 5.76. The third-order valence-electron chi connectivity index (χ3n) is 4.06. The number of imidazole rings is 1. The summed E-state index contributed by atoms with van der Waals surface area (Å²) >= 11 is 5.74. The Morgan fingerprint density at radius 1 is 1.54 bits per heavy atom. The maximum Gasteiger partial charge on any atom is 0.238 e. The molecule has 0 aliphatic carbocycles. The standard InChI is InChI=1S/C16H19ClFN5O/c1-22-6-5-20-16(22)14-9-19-4-7-23(14)10-15(24)21-11-2-3-13(18)12(17)8-11/h2-3,5-6,8,14,19H,4,7,9-10H2,1H3,(H,21,24). The summed E-state index contributed by atoms with van der Waals surface area (Å²) in [5, 5.41) is 6.08. The Hall–Kier alpha value is -1.96. The van der Waals surface area contributed by atoms with Gasteiger partial charge in [-0.1, -0.05) is 11.6 Å². The summed E-state index contributed by atoms with van der Waals surface area (Å²) in [7, 11) is 1.94. The van der Waals surface area contributed by atoms with Gasteiger partial charge in [-0.05, 0) is 18.2 Å². The van der Waals surface area contributed by atoms with Gasteiger partial charge in [0.25, 0.3) is 0 Å². The first-order valence-electron chi connectivity index (χ1n) is 7.71. The molecule has 0 bridgehead atoms. The van der Waals surface area contributed by atoms with Crippen LogP contribution in [0.3, 0.4) is 0 Å². The molecule has 3 rings (SSSR count). The average Bonchev–Trinajstić information content (AvgIpc) is 2.97. The number of nitrogens with one attached hydrogen (secondary N) is 2. The van der Waals surface area contributed by atoms with Crippen LogP contribution in [-0.4, -0.2) is 46.5 Å². The summed E-state index contributed by atoms with van der Waals surface area (Å²) in [6, 6.07) is 4.16. The van der Waals surface area contributed by atoms with E-state index in [2.05, 4.69) is 20.5 Å². The van der Waals surface area contributed by atoms with E-state index in [4.69, 9.17) is 11.6 Å².